The van der Waals surface area contributed by atoms with Crippen molar-refractivity contribution in [3.05, 3.63) is 23.3 Å². The lowest BCUT2D eigenvalue weighted by atomic mass is 9.80. The van der Waals surface area contributed by atoms with Crippen LogP contribution in [-0.4, -0.2) is 37.8 Å². The third-order valence-electron chi connectivity index (χ3n) is 4.59. The van der Waals surface area contributed by atoms with Gasteiger partial charge < -0.3 is 9.47 Å². The molecule has 1 saturated heterocycles. The van der Waals surface area contributed by atoms with Crippen LogP contribution in [0.3, 0.4) is 0 Å². The van der Waals surface area contributed by atoms with Crippen LogP contribution < -0.4 is 9.47 Å². The van der Waals surface area contributed by atoms with Crippen LogP contribution >= 0.6 is 0 Å². The van der Waals surface area contributed by atoms with Gasteiger partial charge in [-0.25, -0.2) is 0 Å². The van der Waals surface area contributed by atoms with Gasteiger partial charge in [-0.2, -0.15) is 0 Å². The van der Waals surface area contributed by atoms with Gasteiger partial charge in [0.2, 0.25) is 0 Å². The van der Waals surface area contributed by atoms with Gasteiger partial charge in [0.25, 0.3) is 0 Å². The molecular formula is C19H27NO3. The lowest BCUT2D eigenvalue weighted by molar-refractivity contribution is -0.129. The summed E-state index contributed by atoms with van der Waals surface area (Å²) in [4.78, 5) is 14.6. The number of carbonyl (C=O) groups excluding carboxylic acids is 1. The molecule has 1 aromatic carbocycles. The van der Waals surface area contributed by atoms with E-state index in [-0.39, 0.29) is 29.6 Å². The molecule has 0 spiro atoms. The number of fused-ring (bicyclic) bond motifs is 3. The summed E-state index contributed by atoms with van der Waals surface area (Å²) >= 11 is 0. The topological polar surface area (TPSA) is 38.8 Å². The van der Waals surface area contributed by atoms with Crippen molar-refractivity contribution >= 4 is 5.78 Å². The predicted molar refractivity (Wildman–Crippen MR) is 90.1 cm³/mol. The summed E-state index contributed by atoms with van der Waals surface area (Å²) in [6.45, 7) is 2.40. The maximum absolute atomic E-state index is 12.9. The number of piperidine rings is 1. The highest BCUT2D eigenvalue weighted by Gasteiger charge is 2.38. The second kappa shape index (κ2) is 6.52. The SMILES string of the molecule is [2H]C([2H])([2H])Oc1cc2c(cc1OC([2H])([2H])[2H])C1CC(=O)C(CC(C)C)C([2H])([2H])N1CC2. The van der Waals surface area contributed by atoms with E-state index < -0.39 is 32.5 Å². The third kappa shape index (κ3) is 3.09. The molecule has 2 unspecified atom stereocenters. The Balaban J connectivity index is 2.04. The van der Waals surface area contributed by atoms with Gasteiger partial charge in [-0.3, -0.25) is 9.69 Å². The van der Waals surface area contributed by atoms with Gasteiger partial charge in [0.15, 0.2) is 11.5 Å². The van der Waals surface area contributed by atoms with E-state index in [2.05, 4.69) is 0 Å². The number of carbonyl (C=O) groups is 1. The number of benzene rings is 1. The van der Waals surface area contributed by atoms with Crippen molar-refractivity contribution in [2.75, 3.05) is 27.1 Å². The van der Waals surface area contributed by atoms with E-state index in [0.717, 1.165) is 0 Å². The molecule has 1 aromatic rings. The molecule has 4 nitrogen and oxygen atoms in total. The Kier molecular flexibility index (Phi) is 2.57. The Morgan fingerprint density at radius 1 is 1.35 bits per heavy atom. The van der Waals surface area contributed by atoms with Crippen LogP contribution in [0, 0.1) is 11.8 Å². The van der Waals surface area contributed by atoms with E-state index in [9.17, 15) is 4.79 Å². The molecule has 2 atom stereocenters. The Morgan fingerprint density at radius 3 is 2.78 bits per heavy atom. The van der Waals surface area contributed by atoms with E-state index in [1.807, 2.05) is 13.8 Å². The number of methoxy groups -OCH3 is 2. The molecule has 1 fully saturated rings. The van der Waals surface area contributed by atoms with Crippen LogP contribution in [0.5, 0.6) is 11.5 Å². The largest absolute Gasteiger partial charge is 0.493 e. The lowest BCUT2D eigenvalue weighted by Crippen LogP contribution is -2.46. The lowest BCUT2D eigenvalue weighted by Gasteiger charge is -2.43. The average Bonchev–Trinajstić information content (AvgIpc) is 2.56. The van der Waals surface area contributed by atoms with Gasteiger partial charge in [-0.05, 0) is 42.0 Å². The molecule has 3 rings (SSSR count). The first-order valence-electron chi connectivity index (χ1n) is 11.9. The molecule has 0 radical (unpaired) electrons. The van der Waals surface area contributed by atoms with E-state index in [4.69, 9.17) is 20.4 Å². The maximum Gasteiger partial charge on any atom is 0.161 e. The molecule has 2 heterocycles. The van der Waals surface area contributed by atoms with Gasteiger partial charge in [-0.15, -0.1) is 0 Å². The molecule has 4 heteroatoms. The molecule has 23 heavy (non-hydrogen) atoms. The summed E-state index contributed by atoms with van der Waals surface area (Å²) in [6, 6.07) is 2.22. The fourth-order valence-electron chi connectivity index (χ4n) is 3.50. The van der Waals surface area contributed by atoms with Crippen LogP contribution in [0.1, 0.15) is 54.8 Å². The molecule has 0 saturated carbocycles. The highest BCUT2D eigenvalue weighted by atomic mass is 16.5. The van der Waals surface area contributed by atoms with Crippen molar-refractivity contribution in [1.82, 2.24) is 4.90 Å². The standard InChI is InChI=1S/C19H27NO3/c1-12(2)7-14-11-20-6-5-13-8-18(22-3)19(23-4)9-15(13)16(20)10-17(14)21/h8-9,12,14,16H,5-7,10-11H2,1-4H3/i3D3,4D3,11D2. The number of nitrogens with zero attached hydrogens (tertiary/aromatic N) is 1. The predicted octanol–water partition coefficient (Wildman–Crippen LogP) is 3.24. The molecule has 0 aromatic heterocycles. The molecule has 0 amide bonds. The molecular weight excluding hydrogens is 290 g/mol. The Labute approximate surface area is 150 Å². The summed E-state index contributed by atoms with van der Waals surface area (Å²) in [7, 11) is -5.64. The Bertz CT molecular complexity index is 850. The number of ether oxygens (including phenoxy) is 2. The van der Waals surface area contributed by atoms with Gasteiger partial charge in [0.1, 0.15) is 5.78 Å². The molecule has 0 aliphatic carbocycles. The van der Waals surface area contributed by atoms with Crippen molar-refractivity contribution in [3.8, 4) is 11.5 Å². The van der Waals surface area contributed by atoms with Crippen molar-refractivity contribution in [2.45, 2.75) is 39.2 Å². The van der Waals surface area contributed by atoms with E-state index >= 15 is 0 Å². The minimum Gasteiger partial charge on any atom is -0.493 e. The third-order valence-corrected chi connectivity index (χ3v) is 4.59. The van der Waals surface area contributed by atoms with Crippen LogP contribution in [-0.2, 0) is 11.2 Å². The number of hydrogen-bond donors (Lipinski definition) is 0. The zero-order chi connectivity index (χ0) is 23.4. The fourth-order valence-corrected chi connectivity index (χ4v) is 3.50. The second-order valence-electron chi connectivity index (χ2n) is 6.64. The fraction of sp³-hybridized carbons (Fsp3) is 0.632. The monoisotopic (exact) mass is 325 g/mol. The second-order valence-corrected chi connectivity index (χ2v) is 6.64. The average molecular weight is 325 g/mol. The van der Waals surface area contributed by atoms with Crippen molar-refractivity contribution in [1.29, 1.82) is 0 Å². The molecule has 126 valence electrons. The summed E-state index contributed by atoms with van der Waals surface area (Å²) in [5, 5.41) is 0. The highest BCUT2D eigenvalue weighted by Crippen LogP contribution is 2.42. The van der Waals surface area contributed by atoms with Crippen LogP contribution in [0.15, 0.2) is 12.1 Å². The first-order chi connectivity index (χ1) is 14.1. The first-order valence-corrected chi connectivity index (χ1v) is 7.93. The van der Waals surface area contributed by atoms with Crippen molar-refractivity contribution < 1.29 is 25.2 Å². The zero-order valence-corrected chi connectivity index (χ0v) is 13.4. The number of rotatable bonds is 4. The zero-order valence-electron chi connectivity index (χ0n) is 21.4. The molecule has 2 aliphatic heterocycles. The van der Waals surface area contributed by atoms with Crippen LogP contribution in [0.4, 0.5) is 0 Å². The molecule has 0 N–H and O–H groups in total. The smallest absolute Gasteiger partial charge is 0.161 e. The van der Waals surface area contributed by atoms with Gasteiger partial charge in [0.05, 0.1) is 22.3 Å². The summed E-state index contributed by atoms with van der Waals surface area (Å²) < 4.78 is 71.6. The summed E-state index contributed by atoms with van der Waals surface area (Å²) in [5.74, 6) is -1.23. The minimum absolute atomic E-state index is 0.0938. The van der Waals surface area contributed by atoms with Crippen LogP contribution in [0.25, 0.3) is 0 Å². The maximum atomic E-state index is 12.9. The Morgan fingerprint density at radius 2 is 2.09 bits per heavy atom. The number of hydrogen-bond acceptors (Lipinski definition) is 4. The number of Topliss-reactive ketones (excluding diaryl/α,β-unsaturated/α-hetero) is 1. The highest BCUT2D eigenvalue weighted by molar-refractivity contribution is 5.83. The van der Waals surface area contributed by atoms with Gasteiger partial charge >= 0.3 is 0 Å². The number of ketones is 1. The van der Waals surface area contributed by atoms with Crippen molar-refractivity contribution in [2.24, 2.45) is 11.8 Å². The minimum atomic E-state index is -2.84. The first kappa shape index (κ1) is 9.07. The summed E-state index contributed by atoms with van der Waals surface area (Å²) in [5.41, 5.74) is 1.24. The molecule has 2 aliphatic rings. The van der Waals surface area contributed by atoms with Crippen LogP contribution in [0.2, 0.25) is 0 Å². The van der Waals surface area contributed by atoms with E-state index in [0.29, 0.717) is 30.5 Å². The summed E-state index contributed by atoms with van der Waals surface area (Å²) in [6.07, 6.45) is 0.941. The van der Waals surface area contributed by atoms with Gasteiger partial charge in [0, 0.05) is 34.2 Å². The molecule has 0 bridgehead atoms. The van der Waals surface area contributed by atoms with E-state index in [1.54, 1.807) is 4.90 Å². The quantitative estimate of drug-likeness (QED) is 0.852. The Hall–Kier alpha value is -1.55. The van der Waals surface area contributed by atoms with E-state index in [1.165, 1.54) is 12.1 Å². The normalized spacial score (nSPS) is 32.7. The van der Waals surface area contributed by atoms with Crippen molar-refractivity contribution in [3.63, 3.8) is 0 Å². The van der Waals surface area contributed by atoms with Gasteiger partial charge in [-0.1, -0.05) is 13.8 Å².